The number of benzene rings is 1. The Bertz CT molecular complexity index is 391. The Kier molecular flexibility index (Phi) is 5.21. The molecule has 0 aliphatic carbocycles. The second-order valence-electron chi connectivity index (χ2n) is 3.36. The van der Waals surface area contributed by atoms with E-state index in [4.69, 9.17) is 33.7 Å². The standard InChI is InChI=1S/C11H13Cl2NO3/c1-2-17-11(16)9(14)10(15)8-6(12)4-3-5-7(8)13/h3-5,9-10,15H,2,14H2,1H3. The summed E-state index contributed by atoms with van der Waals surface area (Å²) in [5, 5.41) is 10.5. The molecule has 0 saturated heterocycles. The van der Waals surface area contributed by atoms with Gasteiger partial charge in [-0.1, -0.05) is 29.3 Å². The largest absolute Gasteiger partial charge is 0.465 e. The Morgan fingerprint density at radius 1 is 1.47 bits per heavy atom. The molecule has 0 amide bonds. The van der Waals surface area contributed by atoms with Crippen molar-refractivity contribution >= 4 is 29.2 Å². The smallest absolute Gasteiger partial charge is 0.325 e. The lowest BCUT2D eigenvalue weighted by atomic mass is 10.0. The minimum atomic E-state index is -1.30. The molecule has 1 rings (SSSR count). The summed E-state index contributed by atoms with van der Waals surface area (Å²) >= 11 is 11.8. The number of ether oxygens (including phenoxy) is 1. The van der Waals surface area contributed by atoms with Gasteiger partial charge in [-0.05, 0) is 19.1 Å². The fourth-order valence-corrected chi connectivity index (χ4v) is 1.96. The van der Waals surface area contributed by atoms with E-state index in [0.29, 0.717) is 0 Å². The summed E-state index contributed by atoms with van der Waals surface area (Å²) in [6.07, 6.45) is -1.30. The molecule has 0 fully saturated rings. The van der Waals surface area contributed by atoms with E-state index in [0.717, 1.165) is 0 Å². The Morgan fingerprint density at radius 3 is 2.47 bits per heavy atom. The monoisotopic (exact) mass is 277 g/mol. The highest BCUT2D eigenvalue weighted by Crippen LogP contribution is 2.31. The van der Waals surface area contributed by atoms with Crippen molar-refractivity contribution in [2.75, 3.05) is 6.61 Å². The Morgan fingerprint density at radius 2 is 2.00 bits per heavy atom. The molecule has 17 heavy (non-hydrogen) atoms. The van der Waals surface area contributed by atoms with Crippen LogP contribution in [0.5, 0.6) is 0 Å². The molecule has 2 unspecified atom stereocenters. The van der Waals surface area contributed by atoms with Crippen LogP contribution >= 0.6 is 23.2 Å². The van der Waals surface area contributed by atoms with Gasteiger partial charge in [0.2, 0.25) is 0 Å². The Hall–Kier alpha value is -0.810. The summed E-state index contributed by atoms with van der Waals surface area (Å²) in [5.41, 5.74) is 5.81. The van der Waals surface area contributed by atoms with E-state index in [2.05, 4.69) is 0 Å². The first kappa shape index (κ1) is 14.3. The van der Waals surface area contributed by atoms with E-state index < -0.39 is 18.1 Å². The molecular formula is C11H13Cl2NO3. The second kappa shape index (κ2) is 6.21. The number of esters is 1. The summed E-state index contributed by atoms with van der Waals surface area (Å²) in [5.74, 6) is -0.698. The third kappa shape index (κ3) is 3.33. The highest BCUT2D eigenvalue weighted by molar-refractivity contribution is 6.36. The van der Waals surface area contributed by atoms with Crippen LogP contribution in [0, 0.1) is 0 Å². The molecule has 0 aliphatic rings. The molecule has 0 saturated carbocycles. The quantitative estimate of drug-likeness (QED) is 0.825. The van der Waals surface area contributed by atoms with E-state index in [1.165, 1.54) is 0 Å². The van der Waals surface area contributed by atoms with Gasteiger partial charge in [0.05, 0.1) is 6.61 Å². The van der Waals surface area contributed by atoms with Crippen molar-refractivity contribution in [1.29, 1.82) is 0 Å². The van der Waals surface area contributed by atoms with E-state index in [9.17, 15) is 9.90 Å². The number of halogens is 2. The second-order valence-corrected chi connectivity index (χ2v) is 4.17. The van der Waals surface area contributed by atoms with Gasteiger partial charge < -0.3 is 15.6 Å². The molecule has 4 nitrogen and oxygen atoms in total. The zero-order chi connectivity index (χ0) is 13.0. The molecule has 0 aliphatic heterocycles. The number of carbonyl (C=O) groups is 1. The average molecular weight is 278 g/mol. The van der Waals surface area contributed by atoms with Crippen LogP contribution in [0.4, 0.5) is 0 Å². The molecule has 94 valence electrons. The maximum atomic E-state index is 11.4. The number of hydrogen-bond donors (Lipinski definition) is 2. The normalized spacial score (nSPS) is 14.2. The Balaban J connectivity index is 2.96. The summed E-state index contributed by atoms with van der Waals surface area (Å²) in [7, 11) is 0. The van der Waals surface area contributed by atoms with Gasteiger partial charge in [-0.3, -0.25) is 4.79 Å². The van der Waals surface area contributed by atoms with Gasteiger partial charge in [0, 0.05) is 15.6 Å². The van der Waals surface area contributed by atoms with Crippen LogP contribution in [0.3, 0.4) is 0 Å². The van der Waals surface area contributed by atoms with Gasteiger partial charge in [-0.2, -0.15) is 0 Å². The van der Waals surface area contributed by atoms with E-state index >= 15 is 0 Å². The predicted molar refractivity (Wildman–Crippen MR) is 66.0 cm³/mol. The minimum Gasteiger partial charge on any atom is -0.465 e. The van der Waals surface area contributed by atoms with Gasteiger partial charge >= 0.3 is 5.97 Å². The lowest BCUT2D eigenvalue weighted by molar-refractivity contribution is -0.147. The van der Waals surface area contributed by atoms with Crippen LogP contribution in [0.2, 0.25) is 10.0 Å². The van der Waals surface area contributed by atoms with Crippen molar-refractivity contribution < 1.29 is 14.6 Å². The van der Waals surface area contributed by atoms with Crippen molar-refractivity contribution in [2.24, 2.45) is 5.73 Å². The first-order valence-electron chi connectivity index (χ1n) is 5.03. The van der Waals surface area contributed by atoms with Crippen molar-refractivity contribution in [1.82, 2.24) is 0 Å². The van der Waals surface area contributed by atoms with Gasteiger partial charge in [-0.25, -0.2) is 0 Å². The summed E-state index contributed by atoms with van der Waals surface area (Å²) < 4.78 is 4.72. The molecule has 1 aromatic rings. The fourth-order valence-electron chi connectivity index (χ4n) is 1.34. The Labute approximate surface area is 109 Å². The number of nitrogens with two attached hydrogens (primary N) is 1. The average Bonchev–Trinajstić information content (AvgIpc) is 2.27. The predicted octanol–water partition coefficient (Wildman–Crippen LogP) is 1.92. The van der Waals surface area contributed by atoms with Crippen LogP contribution < -0.4 is 5.73 Å². The van der Waals surface area contributed by atoms with Gasteiger partial charge in [0.15, 0.2) is 0 Å². The molecule has 0 heterocycles. The summed E-state index contributed by atoms with van der Waals surface area (Å²) in [4.78, 5) is 11.4. The van der Waals surface area contributed by atoms with Crippen LogP contribution in [-0.4, -0.2) is 23.7 Å². The topological polar surface area (TPSA) is 72.5 Å². The van der Waals surface area contributed by atoms with E-state index in [-0.39, 0.29) is 22.2 Å². The SMILES string of the molecule is CCOC(=O)C(N)C(O)c1c(Cl)cccc1Cl. The van der Waals surface area contributed by atoms with Crippen LogP contribution in [0.25, 0.3) is 0 Å². The third-order valence-corrected chi connectivity index (χ3v) is 2.85. The zero-order valence-corrected chi connectivity index (χ0v) is 10.7. The molecule has 0 spiro atoms. The highest BCUT2D eigenvalue weighted by Gasteiger charge is 2.28. The van der Waals surface area contributed by atoms with Crippen molar-refractivity contribution in [3.63, 3.8) is 0 Å². The van der Waals surface area contributed by atoms with Crippen molar-refractivity contribution in [3.8, 4) is 0 Å². The maximum absolute atomic E-state index is 11.4. The molecule has 3 N–H and O–H groups in total. The number of carbonyl (C=O) groups excluding carboxylic acids is 1. The molecular weight excluding hydrogens is 265 g/mol. The van der Waals surface area contributed by atoms with Crippen molar-refractivity contribution in [3.05, 3.63) is 33.8 Å². The summed E-state index contributed by atoms with van der Waals surface area (Å²) in [6, 6.07) is 3.54. The van der Waals surface area contributed by atoms with Gasteiger partial charge in [0.1, 0.15) is 12.1 Å². The molecule has 0 bridgehead atoms. The maximum Gasteiger partial charge on any atom is 0.325 e. The number of hydrogen-bond acceptors (Lipinski definition) is 4. The molecule has 0 radical (unpaired) electrons. The van der Waals surface area contributed by atoms with E-state index in [1.807, 2.05) is 0 Å². The van der Waals surface area contributed by atoms with Crippen molar-refractivity contribution in [2.45, 2.75) is 19.1 Å². The fraction of sp³-hybridized carbons (Fsp3) is 0.364. The molecule has 0 aromatic heterocycles. The first-order valence-corrected chi connectivity index (χ1v) is 5.78. The van der Waals surface area contributed by atoms with Crippen LogP contribution in [0.1, 0.15) is 18.6 Å². The van der Waals surface area contributed by atoms with Crippen LogP contribution in [0.15, 0.2) is 18.2 Å². The number of rotatable bonds is 4. The minimum absolute atomic E-state index is 0.190. The highest BCUT2D eigenvalue weighted by atomic mass is 35.5. The lowest BCUT2D eigenvalue weighted by Crippen LogP contribution is -2.38. The van der Waals surface area contributed by atoms with Gasteiger partial charge in [-0.15, -0.1) is 0 Å². The van der Waals surface area contributed by atoms with Gasteiger partial charge in [0.25, 0.3) is 0 Å². The summed E-state index contributed by atoms with van der Waals surface area (Å²) in [6.45, 7) is 1.84. The molecule has 6 heteroatoms. The third-order valence-electron chi connectivity index (χ3n) is 2.19. The number of aliphatic hydroxyl groups is 1. The van der Waals surface area contributed by atoms with Crippen LogP contribution in [-0.2, 0) is 9.53 Å². The number of aliphatic hydroxyl groups excluding tert-OH is 1. The molecule has 1 aromatic carbocycles. The van der Waals surface area contributed by atoms with E-state index in [1.54, 1.807) is 25.1 Å². The zero-order valence-electron chi connectivity index (χ0n) is 9.19. The first-order chi connectivity index (χ1) is 7.99. The molecule has 2 atom stereocenters. The lowest BCUT2D eigenvalue weighted by Gasteiger charge is -2.19.